The van der Waals surface area contributed by atoms with Crippen LogP contribution in [0, 0.1) is 23.0 Å². The van der Waals surface area contributed by atoms with E-state index in [0.29, 0.717) is 13.0 Å². The van der Waals surface area contributed by atoms with Crippen LogP contribution >= 0.6 is 11.3 Å². The number of halogens is 2. The van der Waals surface area contributed by atoms with E-state index in [1.165, 1.54) is 42.5 Å². The van der Waals surface area contributed by atoms with Gasteiger partial charge in [0.1, 0.15) is 22.1 Å². The molecule has 172 valence electrons. The van der Waals surface area contributed by atoms with Gasteiger partial charge >= 0.3 is 0 Å². The van der Waals surface area contributed by atoms with Crippen molar-refractivity contribution in [3.05, 3.63) is 96.4 Å². The Morgan fingerprint density at radius 2 is 1.88 bits per heavy atom. The zero-order valence-corrected chi connectivity index (χ0v) is 19.0. The van der Waals surface area contributed by atoms with Gasteiger partial charge in [0.2, 0.25) is 0 Å². The van der Waals surface area contributed by atoms with E-state index < -0.39 is 29.0 Å². The Balaban J connectivity index is 2.11. The SMILES string of the molecule is CCCNC(=O)C1=c2s/c(=C\c3ccccc3F)c(=O)n2C(N)=C(C#N)C1c1ccccc1F. The van der Waals surface area contributed by atoms with Crippen molar-refractivity contribution in [3.63, 3.8) is 0 Å². The summed E-state index contributed by atoms with van der Waals surface area (Å²) in [7, 11) is 0. The Kier molecular flexibility index (Phi) is 6.43. The third kappa shape index (κ3) is 3.93. The minimum Gasteiger partial charge on any atom is -0.384 e. The molecule has 1 unspecified atom stereocenters. The summed E-state index contributed by atoms with van der Waals surface area (Å²) in [6.45, 7) is 2.22. The van der Waals surface area contributed by atoms with E-state index in [9.17, 15) is 23.6 Å². The maximum Gasteiger partial charge on any atom is 0.274 e. The summed E-state index contributed by atoms with van der Waals surface area (Å²) < 4.78 is 30.5. The lowest BCUT2D eigenvalue weighted by atomic mass is 9.83. The van der Waals surface area contributed by atoms with Gasteiger partial charge in [-0.25, -0.2) is 8.78 Å². The standard InChI is InChI=1S/C25H20F2N4O2S/c1-2-11-30-23(32)21-20(15-8-4-6-10-18(15)27)16(13-28)22(29)31-24(33)19(34-25(21)31)12-14-7-3-5-9-17(14)26/h3-10,12,20H,2,11,29H2,1H3,(H,30,32)/b19-12-. The summed E-state index contributed by atoms with van der Waals surface area (Å²) in [6.07, 6.45) is 2.02. The average molecular weight is 479 g/mol. The average Bonchev–Trinajstić information content (AvgIpc) is 3.15. The molecule has 3 N–H and O–H groups in total. The van der Waals surface area contributed by atoms with Crippen LogP contribution in [0.5, 0.6) is 0 Å². The Labute approximate surface area is 197 Å². The fourth-order valence-electron chi connectivity index (χ4n) is 3.85. The van der Waals surface area contributed by atoms with E-state index in [2.05, 4.69) is 5.32 Å². The Morgan fingerprint density at radius 1 is 1.21 bits per heavy atom. The first kappa shape index (κ1) is 23.1. The first-order chi connectivity index (χ1) is 16.4. The molecule has 0 radical (unpaired) electrons. The molecule has 0 saturated carbocycles. The molecule has 0 aliphatic carbocycles. The van der Waals surface area contributed by atoms with E-state index in [1.807, 2.05) is 13.0 Å². The molecule has 1 aliphatic rings. The minimum absolute atomic E-state index is 0.0413. The van der Waals surface area contributed by atoms with Crippen molar-refractivity contribution in [2.75, 3.05) is 6.54 Å². The number of benzene rings is 2. The maximum absolute atomic E-state index is 14.9. The maximum atomic E-state index is 14.9. The number of nitrogens with zero attached hydrogens (tertiary/aromatic N) is 2. The second kappa shape index (κ2) is 9.45. The van der Waals surface area contributed by atoms with Crippen molar-refractivity contribution in [3.8, 4) is 6.07 Å². The lowest BCUT2D eigenvalue weighted by molar-refractivity contribution is -0.115. The molecule has 1 atom stereocenters. The van der Waals surface area contributed by atoms with Crippen LogP contribution in [0.15, 0.2) is 58.9 Å². The van der Waals surface area contributed by atoms with Crippen LogP contribution in [-0.4, -0.2) is 17.0 Å². The molecule has 3 aromatic rings. The smallest absolute Gasteiger partial charge is 0.274 e. The molecule has 2 aromatic carbocycles. The van der Waals surface area contributed by atoms with Crippen LogP contribution in [0.4, 0.5) is 8.78 Å². The second-order valence-corrected chi connectivity index (χ2v) is 8.64. The molecule has 9 heteroatoms. The minimum atomic E-state index is -1.11. The quantitative estimate of drug-likeness (QED) is 0.587. The molecule has 0 spiro atoms. The number of aromatic nitrogens is 1. The lowest BCUT2D eigenvalue weighted by Gasteiger charge is -2.25. The second-order valence-electron chi connectivity index (χ2n) is 7.61. The number of hydrogen-bond acceptors (Lipinski definition) is 5. The monoisotopic (exact) mass is 478 g/mol. The summed E-state index contributed by atoms with van der Waals surface area (Å²) in [5.74, 6) is -2.97. The fourth-order valence-corrected chi connectivity index (χ4v) is 5.02. The van der Waals surface area contributed by atoms with E-state index in [-0.39, 0.29) is 37.3 Å². The van der Waals surface area contributed by atoms with Crippen molar-refractivity contribution >= 4 is 34.7 Å². The third-order valence-electron chi connectivity index (χ3n) is 5.46. The van der Waals surface area contributed by atoms with Gasteiger partial charge in [-0.1, -0.05) is 43.3 Å². The van der Waals surface area contributed by atoms with Crippen LogP contribution in [0.25, 0.3) is 17.5 Å². The van der Waals surface area contributed by atoms with Crippen molar-refractivity contribution in [2.45, 2.75) is 19.3 Å². The zero-order chi connectivity index (χ0) is 24.4. The van der Waals surface area contributed by atoms with Crippen LogP contribution in [0.2, 0.25) is 0 Å². The molecule has 34 heavy (non-hydrogen) atoms. The number of carbonyl (C=O) groups is 1. The summed E-state index contributed by atoms with van der Waals surface area (Å²) in [6, 6.07) is 13.7. The number of nitrogens with two attached hydrogens (primary N) is 1. The first-order valence-electron chi connectivity index (χ1n) is 10.5. The van der Waals surface area contributed by atoms with Crippen LogP contribution in [0.3, 0.4) is 0 Å². The number of hydrogen-bond donors (Lipinski definition) is 2. The fraction of sp³-hybridized carbons (Fsp3) is 0.160. The normalized spacial score (nSPS) is 15.8. The lowest BCUT2D eigenvalue weighted by Crippen LogP contribution is -2.42. The molecule has 6 nitrogen and oxygen atoms in total. The highest BCUT2D eigenvalue weighted by Crippen LogP contribution is 2.37. The van der Waals surface area contributed by atoms with Crippen molar-refractivity contribution < 1.29 is 13.6 Å². The van der Waals surface area contributed by atoms with Gasteiger partial charge < -0.3 is 11.1 Å². The number of amides is 1. The highest BCUT2D eigenvalue weighted by atomic mass is 32.1. The highest BCUT2D eigenvalue weighted by Gasteiger charge is 2.36. The zero-order valence-electron chi connectivity index (χ0n) is 18.1. The Hall–Kier alpha value is -4.03. The predicted octanol–water partition coefficient (Wildman–Crippen LogP) is 2.14. The number of thiazole rings is 1. The van der Waals surface area contributed by atoms with E-state index >= 15 is 0 Å². The summed E-state index contributed by atoms with van der Waals surface area (Å²) in [4.78, 5) is 26.6. The molecule has 1 amide bonds. The molecule has 2 heterocycles. The Morgan fingerprint density at radius 3 is 2.53 bits per heavy atom. The number of rotatable bonds is 5. The Bertz CT molecular complexity index is 1550. The first-order valence-corrected chi connectivity index (χ1v) is 11.4. The van der Waals surface area contributed by atoms with Gasteiger partial charge in [-0.2, -0.15) is 5.26 Å². The molecular formula is C25H20F2N4O2S. The van der Waals surface area contributed by atoms with Gasteiger partial charge in [0.15, 0.2) is 0 Å². The molecule has 1 aliphatic heterocycles. The van der Waals surface area contributed by atoms with Crippen molar-refractivity contribution in [1.29, 1.82) is 5.26 Å². The van der Waals surface area contributed by atoms with E-state index in [4.69, 9.17) is 5.73 Å². The van der Waals surface area contributed by atoms with E-state index in [0.717, 1.165) is 15.9 Å². The van der Waals surface area contributed by atoms with Gasteiger partial charge in [-0.3, -0.25) is 14.2 Å². The number of fused-ring (bicyclic) bond motifs is 1. The van der Waals surface area contributed by atoms with Gasteiger partial charge in [0, 0.05) is 17.7 Å². The molecule has 1 aromatic heterocycles. The molecule has 4 rings (SSSR count). The van der Waals surface area contributed by atoms with Gasteiger partial charge in [0.05, 0.1) is 27.7 Å². The van der Waals surface area contributed by atoms with Gasteiger partial charge in [0.25, 0.3) is 11.5 Å². The van der Waals surface area contributed by atoms with Crippen molar-refractivity contribution in [1.82, 2.24) is 9.88 Å². The summed E-state index contributed by atoms with van der Waals surface area (Å²) in [5.41, 5.74) is 5.86. The number of nitriles is 1. The summed E-state index contributed by atoms with van der Waals surface area (Å²) >= 11 is 0.940. The van der Waals surface area contributed by atoms with E-state index in [1.54, 1.807) is 12.1 Å². The third-order valence-corrected chi connectivity index (χ3v) is 6.57. The summed E-state index contributed by atoms with van der Waals surface area (Å²) in [5, 5.41) is 12.7. The van der Waals surface area contributed by atoms with Crippen LogP contribution in [-0.2, 0) is 4.79 Å². The largest absolute Gasteiger partial charge is 0.384 e. The highest BCUT2D eigenvalue weighted by molar-refractivity contribution is 7.07. The van der Waals surface area contributed by atoms with Crippen molar-refractivity contribution in [2.24, 2.45) is 5.73 Å². The number of allylic oxidation sites excluding steroid dienone is 1. The predicted molar refractivity (Wildman–Crippen MR) is 127 cm³/mol. The number of carbonyl (C=O) groups excluding carboxylic acids is 1. The van der Waals surface area contributed by atoms with Gasteiger partial charge in [-0.05, 0) is 24.6 Å². The molecule has 0 fully saturated rings. The van der Waals surface area contributed by atoms with Crippen LogP contribution in [0.1, 0.15) is 30.4 Å². The van der Waals surface area contributed by atoms with Crippen LogP contribution < -0.4 is 25.8 Å². The molecular weight excluding hydrogens is 458 g/mol. The van der Waals surface area contributed by atoms with Gasteiger partial charge in [-0.15, -0.1) is 11.3 Å². The topological polar surface area (TPSA) is 101 Å². The molecule has 0 saturated heterocycles. The number of nitrogens with one attached hydrogen (secondary N) is 1. The molecule has 0 bridgehead atoms.